The van der Waals surface area contributed by atoms with Crippen LogP contribution in [0.25, 0.3) is 0 Å². The predicted molar refractivity (Wildman–Crippen MR) is 73.3 cm³/mol. The first-order valence-electron chi connectivity index (χ1n) is 5.26. The van der Waals surface area contributed by atoms with Crippen molar-refractivity contribution in [1.29, 1.82) is 5.26 Å². The van der Waals surface area contributed by atoms with Gasteiger partial charge < -0.3 is 5.11 Å². The molecule has 2 N–H and O–H groups in total. The molecule has 0 aromatic heterocycles. The third-order valence-corrected chi connectivity index (χ3v) is 4.72. The van der Waals surface area contributed by atoms with Gasteiger partial charge in [0.05, 0.1) is 17.3 Å². The van der Waals surface area contributed by atoms with Crippen molar-refractivity contribution in [2.45, 2.75) is 18.6 Å². The van der Waals surface area contributed by atoms with E-state index in [2.05, 4.69) is 20.7 Å². The van der Waals surface area contributed by atoms with Gasteiger partial charge in [-0.3, -0.25) is 4.72 Å². The zero-order valence-corrected chi connectivity index (χ0v) is 12.3. The molecule has 0 heterocycles. The van der Waals surface area contributed by atoms with E-state index in [1.807, 2.05) is 0 Å². The van der Waals surface area contributed by atoms with Gasteiger partial charge in [0.15, 0.2) is 5.25 Å². The van der Waals surface area contributed by atoms with Crippen LogP contribution < -0.4 is 4.72 Å². The standard InChI is InChI=1S/C11H11BrN2O4S/c1-2-7(6-13)19(17,18)14-10-8(11(15)16)4-3-5-9(10)12/h3-5,7,14H,2H2,1H3,(H,15,16). The maximum absolute atomic E-state index is 11.9. The molecule has 1 rings (SSSR count). The molecule has 0 aliphatic carbocycles. The summed E-state index contributed by atoms with van der Waals surface area (Å²) in [5.41, 5.74) is -0.269. The van der Waals surface area contributed by atoms with Crippen molar-refractivity contribution in [3.63, 3.8) is 0 Å². The first-order valence-corrected chi connectivity index (χ1v) is 7.60. The van der Waals surface area contributed by atoms with Crippen LogP contribution in [0, 0.1) is 11.3 Å². The van der Waals surface area contributed by atoms with Crippen LogP contribution in [0.3, 0.4) is 0 Å². The molecule has 0 bridgehead atoms. The van der Waals surface area contributed by atoms with E-state index in [9.17, 15) is 13.2 Å². The molecule has 0 aliphatic heterocycles. The molecule has 1 atom stereocenters. The van der Waals surface area contributed by atoms with Gasteiger partial charge in [0.2, 0.25) is 10.0 Å². The Morgan fingerprint density at radius 2 is 2.21 bits per heavy atom. The summed E-state index contributed by atoms with van der Waals surface area (Å²) in [4.78, 5) is 11.0. The largest absolute Gasteiger partial charge is 0.478 e. The molecular weight excluding hydrogens is 336 g/mol. The van der Waals surface area contributed by atoms with Gasteiger partial charge in [-0.05, 0) is 34.5 Å². The molecular formula is C11H11BrN2O4S. The van der Waals surface area contributed by atoms with Crippen LogP contribution in [-0.2, 0) is 10.0 Å². The van der Waals surface area contributed by atoms with E-state index < -0.39 is 21.2 Å². The quantitative estimate of drug-likeness (QED) is 0.849. The number of carboxylic acids is 1. The number of carboxylic acid groups (broad SMARTS) is 1. The first kappa shape index (κ1) is 15.5. The number of hydrogen-bond donors (Lipinski definition) is 2. The Labute approximate surface area is 119 Å². The summed E-state index contributed by atoms with van der Waals surface area (Å²) in [6.45, 7) is 1.56. The fraction of sp³-hybridized carbons (Fsp3) is 0.273. The molecule has 0 spiro atoms. The first-order chi connectivity index (χ1) is 8.83. The molecule has 0 saturated carbocycles. The summed E-state index contributed by atoms with van der Waals surface area (Å²) in [5, 5.41) is 16.6. The molecule has 19 heavy (non-hydrogen) atoms. The van der Waals surface area contributed by atoms with E-state index in [1.165, 1.54) is 18.2 Å². The van der Waals surface area contributed by atoms with Crippen LogP contribution in [0.5, 0.6) is 0 Å². The van der Waals surface area contributed by atoms with Crippen molar-refractivity contribution in [3.8, 4) is 6.07 Å². The van der Waals surface area contributed by atoms with Crippen molar-refractivity contribution in [2.24, 2.45) is 0 Å². The Bertz CT molecular complexity index is 637. The number of halogens is 1. The number of hydrogen-bond acceptors (Lipinski definition) is 4. The second kappa shape index (κ2) is 6.04. The van der Waals surface area contributed by atoms with Crippen LogP contribution in [0.15, 0.2) is 22.7 Å². The van der Waals surface area contributed by atoms with Crippen molar-refractivity contribution >= 4 is 37.6 Å². The monoisotopic (exact) mass is 346 g/mol. The molecule has 0 fully saturated rings. The van der Waals surface area contributed by atoms with Gasteiger partial charge >= 0.3 is 5.97 Å². The third-order valence-electron chi connectivity index (χ3n) is 2.38. The Balaban J connectivity index is 3.28. The normalized spacial score (nSPS) is 12.5. The highest BCUT2D eigenvalue weighted by Gasteiger charge is 2.26. The van der Waals surface area contributed by atoms with E-state index in [4.69, 9.17) is 10.4 Å². The summed E-state index contributed by atoms with van der Waals surface area (Å²) in [6.07, 6.45) is 0.110. The Hall–Kier alpha value is -1.59. The lowest BCUT2D eigenvalue weighted by molar-refractivity contribution is 0.0698. The van der Waals surface area contributed by atoms with Crippen LogP contribution in [-0.4, -0.2) is 24.7 Å². The number of nitriles is 1. The average molecular weight is 347 g/mol. The molecule has 6 nitrogen and oxygen atoms in total. The van der Waals surface area contributed by atoms with Gasteiger partial charge in [0.25, 0.3) is 0 Å². The summed E-state index contributed by atoms with van der Waals surface area (Å²) in [5.74, 6) is -1.26. The van der Waals surface area contributed by atoms with Crippen molar-refractivity contribution in [2.75, 3.05) is 4.72 Å². The molecule has 0 saturated heterocycles. The zero-order valence-electron chi connectivity index (χ0n) is 9.92. The second-order valence-corrected chi connectivity index (χ2v) is 6.36. The smallest absolute Gasteiger partial charge is 0.337 e. The number of rotatable bonds is 5. The highest BCUT2D eigenvalue weighted by atomic mass is 79.9. The fourth-order valence-corrected chi connectivity index (χ4v) is 3.22. The zero-order chi connectivity index (χ0) is 14.6. The minimum Gasteiger partial charge on any atom is -0.478 e. The Morgan fingerprint density at radius 3 is 2.68 bits per heavy atom. The number of anilines is 1. The van der Waals surface area contributed by atoms with Crippen LogP contribution in [0.2, 0.25) is 0 Å². The molecule has 0 amide bonds. The van der Waals surface area contributed by atoms with Gasteiger partial charge in [-0.25, -0.2) is 13.2 Å². The number of carbonyl (C=O) groups is 1. The number of nitrogens with one attached hydrogen (secondary N) is 1. The highest BCUT2D eigenvalue weighted by Crippen LogP contribution is 2.28. The maximum Gasteiger partial charge on any atom is 0.337 e. The van der Waals surface area contributed by atoms with Crippen LogP contribution in [0.4, 0.5) is 5.69 Å². The lowest BCUT2D eigenvalue weighted by atomic mass is 10.2. The lowest BCUT2D eigenvalue weighted by Crippen LogP contribution is -2.27. The van der Waals surface area contributed by atoms with Crippen molar-refractivity contribution < 1.29 is 18.3 Å². The number of para-hydroxylation sites is 1. The van der Waals surface area contributed by atoms with Gasteiger partial charge in [-0.2, -0.15) is 5.26 Å². The second-order valence-electron chi connectivity index (χ2n) is 3.64. The SMILES string of the molecule is CCC(C#N)S(=O)(=O)Nc1c(Br)cccc1C(=O)O. The molecule has 1 aromatic rings. The van der Waals surface area contributed by atoms with E-state index in [1.54, 1.807) is 13.0 Å². The van der Waals surface area contributed by atoms with E-state index in [-0.39, 0.29) is 17.7 Å². The topological polar surface area (TPSA) is 107 Å². The van der Waals surface area contributed by atoms with Gasteiger partial charge in [-0.15, -0.1) is 0 Å². The van der Waals surface area contributed by atoms with Crippen molar-refractivity contribution in [3.05, 3.63) is 28.2 Å². The molecule has 102 valence electrons. The van der Waals surface area contributed by atoms with Gasteiger partial charge in [0.1, 0.15) is 0 Å². The molecule has 1 unspecified atom stereocenters. The van der Waals surface area contributed by atoms with E-state index in [0.29, 0.717) is 4.47 Å². The average Bonchev–Trinajstić information content (AvgIpc) is 2.32. The summed E-state index contributed by atoms with van der Waals surface area (Å²) < 4.78 is 26.3. The molecule has 0 aliphatic rings. The summed E-state index contributed by atoms with van der Waals surface area (Å²) in [6, 6.07) is 5.93. The maximum atomic E-state index is 11.9. The van der Waals surface area contributed by atoms with E-state index >= 15 is 0 Å². The minimum atomic E-state index is -3.96. The van der Waals surface area contributed by atoms with Crippen LogP contribution in [0.1, 0.15) is 23.7 Å². The Kier molecular flexibility index (Phi) is 4.91. The lowest BCUT2D eigenvalue weighted by Gasteiger charge is -2.14. The molecule has 0 radical (unpaired) electrons. The summed E-state index contributed by atoms with van der Waals surface area (Å²) >= 11 is 3.09. The van der Waals surface area contributed by atoms with E-state index in [0.717, 1.165) is 0 Å². The van der Waals surface area contributed by atoms with Gasteiger partial charge in [-0.1, -0.05) is 13.0 Å². The minimum absolute atomic E-state index is 0.0799. The number of benzene rings is 1. The number of sulfonamides is 1. The predicted octanol–water partition coefficient (Wildman–Crippen LogP) is 2.19. The summed E-state index contributed by atoms with van der Waals surface area (Å²) in [7, 11) is -3.96. The van der Waals surface area contributed by atoms with Crippen molar-refractivity contribution in [1.82, 2.24) is 0 Å². The van der Waals surface area contributed by atoms with Crippen LogP contribution >= 0.6 is 15.9 Å². The molecule has 1 aromatic carbocycles. The molecule has 8 heteroatoms. The third kappa shape index (κ3) is 3.45. The highest BCUT2D eigenvalue weighted by molar-refractivity contribution is 9.10. The number of aromatic carboxylic acids is 1. The Morgan fingerprint density at radius 1 is 1.58 bits per heavy atom. The fourth-order valence-electron chi connectivity index (χ4n) is 1.40. The van der Waals surface area contributed by atoms with Gasteiger partial charge in [0, 0.05) is 4.47 Å². The number of nitrogens with zero attached hydrogens (tertiary/aromatic N) is 1.